The summed E-state index contributed by atoms with van der Waals surface area (Å²) in [5, 5.41) is 3.15. The van der Waals surface area contributed by atoms with Crippen LogP contribution >= 0.6 is 0 Å². The molecule has 2 aromatic rings. The molecular formula is C17H18F2N2O2. The van der Waals surface area contributed by atoms with Gasteiger partial charge in [-0.1, -0.05) is 42.5 Å². The molecule has 0 radical (unpaired) electrons. The fourth-order valence-corrected chi connectivity index (χ4v) is 2.20. The molecule has 2 rings (SSSR count). The lowest BCUT2D eigenvalue weighted by molar-refractivity contribution is -0.119. The highest BCUT2D eigenvalue weighted by molar-refractivity contribution is 5.79. The Kier molecular flexibility index (Phi) is 5.65. The van der Waals surface area contributed by atoms with E-state index in [2.05, 4.69) is 10.1 Å². The second-order valence-corrected chi connectivity index (χ2v) is 5.08. The fraction of sp³-hybridized carbons (Fsp3) is 0.235. The lowest BCUT2D eigenvalue weighted by Gasteiger charge is -2.23. The molecule has 3 N–H and O–H groups in total. The number of halogens is 2. The minimum absolute atomic E-state index is 0.0820. The van der Waals surface area contributed by atoms with Crippen LogP contribution in [-0.2, 0) is 4.79 Å². The normalized spacial score (nSPS) is 13.6. The highest BCUT2D eigenvalue weighted by Gasteiger charge is 2.19. The van der Waals surface area contributed by atoms with E-state index in [4.69, 9.17) is 5.73 Å². The van der Waals surface area contributed by atoms with Crippen LogP contribution in [0.4, 0.5) is 8.78 Å². The van der Waals surface area contributed by atoms with Gasteiger partial charge in [0, 0.05) is 0 Å². The van der Waals surface area contributed by atoms with E-state index < -0.39 is 18.6 Å². The second kappa shape index (κ2) is 7.69. The minimum Gasteiger partial charge on any atom is -0.435 e. The monoisotopic (exact) mass is 320 g/mol. The highest BCUT2D eigenvalue weighted by Crippen LogP contribution is 2.25. The predicted molar refractivity (Wildman–Crippen MR) is 83.2 cm³/mol. The summed E-state index contributed by atoms with van der Waals surface area (Å²) in [6.07, 6.45) is 0. The van der Waals surface area contributed by atoms with Gasteiger partial charge in [-0.15, -0.1) is 0 Å². The topological polar surface area (TPSA) is 64.3 Å². The third kappa shape index (κ3) is 4.75. The van der Waals surface area contributed by atoms with Gasteiger partial charge in [-0.2, -0.15) is 8.78 Å². The van der Waals surface area contributed by atoms with Crippen molar-refractivity contribution in [2.75, 3.05) is 0 Å². The molecule has 0 aliphatic heterocycles. The van der Waals surface area contributed by atoms with Gasteiger partial charge in [-0.3, -0.25) is 10.1 Å². The van der Waals surface area contributed by atoms with Crippen LogP contribution in [0.5, 0.6) is 5.75 Å². The average Bonchev–Trinajstić information content (AvgIpc) is 2.53. The number of alkyl halides is 2. The molecule has 0 fully saturated rings. The molecule has 0 bridgehead atoms. The molecule has 1 amide bonds. The summed E-state index contributed by atoms with van der Waals surface area (Å²) in [6, 6.07) is 14.9. The zero-order valence-corrected chi connectivity index (χ0v) is 12.6. The molecule has 122 valence electrons. The number of benzene rings is 2. The molecule has 0 saturated carbocycles. The smallest absolute Gasteiger partial charge is 0.387 e. The number of primary amides is 1. The van der Waals surface area contributed by atoms with Crippen molar-refractivity contribution in [1.29, 1.82) is 0 Å². The van der Waals surface area contributed by atoms with Gasteiger partial charge in [-0.05, 0) is 30.2 Å². The summed E-state index contributed by atoms with van der Waals surface area (Å²) in [5.41, 5.74) is 7.06. The molecule has 2 atom stereocenters. The largest absolute Gasteiger partial charge is 0.435 e. The van der Waals surface area contributed by atoms with Crippen LogP contribution in [0.1, 0.15) is 24.1 Å². The number of ether oxygens (including phenoxy) is 1. The molecule has 0 saturated heterocycles. The van der Waals surface area contributed by atoms with Crippen LogP contribution in [0, 0.1) is 0 Å². The summed E-state index contributed by atoms with van der Waals surface area (Å²) in [5.74, 6) is -0.387. The Bertz CT molecular complexity index is 633. The standard InChI is InChI=1S/C17H18F2N2O2/c1-11(16(20)22)21-15(12-5-3-2-4-6-12)13-7-9-14(10-8-13)23-17(18)19/h2-11,15,17,21H,1H3,(H2,20,22)/t11-,15+/m1/s1. The number of amides is 1. The Morgan fingerprint density at radius 1 is 1.04 bits per heavy atom. The quantitative estimate of drug-likeness (QED) is 0.824. The first-order chi connectivity index (χ1) is 11.0. The maximum Gasteiger partial charge on any atom is 0.387 e. The summed E-state index contributed by atoms with van der Waals surface area (Å²) in [7, 11) is 0. The molecule has 0 heterocycles. The van der Waals surface area contributed by atoms with Crippen molar-refractivity contribution in [2.24, 2.45) is 5.73 Å². The second-order valence-electron chi connectivity index (χ2n) is 5.08. The van der Waals surface area contributed by atoms with Crippen LogP contribution in [0.3, 0.4) is 0 Å². The minimum atomic E-state index is -2.86. The lowest BCUT2D eigenvalue weighted by Crippen LogP contribution is -2.41. The van der Waals surface area contributed by atoms with Crippen molar-refractivity contribution in [3.05, 3.63) is 65.7 Å². The molecule has 6 heteroatoms. The van der Waals surface area contributed by atoms with Crippen LogP contribution < -0.4 is 15.8 Å². The number of nitrogens with two attached hydrogens (primary N) is 1. The zero-order valence-electron chi connectivity index (χ0n) is 12.6. The Morgan fingerprint density at radius 3 is 2.13 bits per heavy atom. The van der Waals surface area contributed by atoms with Crippen LogP contribution in [-0.4, -0.2) is 18.6 Å². The number of carbonyl (C=O) groups is 1. The summed E-state index contributed by atoms with van der Waals surface area (Å²) >= 11 is 0. The maximum absolute atomic E-state index is 12.2. The molecule has 4 nitrogen and oxygen atoms in total. The summed E-state index contributed by atoms with van der Waals surface area (Å²) in [4.78, 5) is 11.3. The Morgan fingerprint density at radius 2 is 1.61 bits per heavy atom. The summed E-state index contributed by atoms with van der Waals surface area (Å²) < 4.78 is 28.8. The molecule has 0 spiro atoms. The van der Waals surface area contributed by atoms with E-state index in [1.165, 1.54) is 12.1 Å². The lowest BCUT2D eigenvalue weighted by atomic mass is 9.97. The Hall–Kier alpha value is -2.47. The van der Waals surface area contributed by atoms with E-state index in [1.54, 1.807) is 19.1 Å². The van der Waals surface area contributed by atoms with Crippen molar-refractivity contribution >= 4 is 5.91 Å². The van der Waals surface area contributed by atoms with E-state index >= 15 is 0 Å². The molecule has 23 heavy (non-hydrogen) atoms. The molecule has 0 aliphatic rings. The Labute approximate surface area is 133 Å². The van der Waals surface area contributed by atoms with E-state index in [1.807, 2.05) is 30.3 Å². The van der Waals surface area contributed by atoms with Crippen molar-refractivity contribution in [3.63, 3.8) is 0 Å². The first-order valence-corrected chi connectivity index (χ1v) is 7.12. The SMILES string of the molecule is C[C@@H](N[C@@H](c1ccccc1)c1ccc(OC(F)F)cc1)C(N)=O. The molecule has 0 aromatic heterocycles. The Balaban J connectivity index is 2.28. The van der Waals surface area contributed by atoms with Crippen molar-refractivity contribution < 1.29 is 18.3 Å². The van der Waals surface area contributed by atoms with E-state index in [0.29, 0.717) is 0 Å². The molecule has 0 unspecified atom stereocenters. The molecule has 0 aliphatic carbocycles. The summed E-state index contributed by atoms with van der Waals surface area (Å²) in [6.45, 7) is -1.19. The van der Waals surface area contributed by atoms with E-state index in [-0.39, 0.29) is 11.8 Å². The molecular weight excluding hydrogens is 302 g/mol. The predicted octanol–water partition coefficient (Wildman–Crippen LogP) is 2.84. The van der Waals surface area contributed by atoms with Crippen LogP contribution in [0.15, 0.2) is 54.6 Å². The van der Waals surface area contributed by atoms with Crippen molar-refractivity contribution in [3.8, 4) is 5.75 Å². The number of carbonyl (C=O) groups excluding carboxylic acids is 1. The maximum atomic E-state index is 12.2. The molecule has 2 aromatic carbocycles. The first-order valence-electron chi connectivity index (χ1n) is 7.12. The van der Waals surface area contributed by atoms with E-state index in [9.17, 15) is 13.6 Å². The van der Waals surface area contributed by atoms with Gasteiger partial charge in [0.15, 0.2) is 0 Å². The number of hydrogen-bond acceptors (Lipinski definition) is 3. The van der Waals surface area contributed by atoms with Gasteiger partial charge in [0.1, 0.15) is 5.75 Å². The van der Waals surface area contributed by atoms with Crippen molar-refractivity contribution in [1.82, 2.24) is 5.32 Å². The van der Waals surface area contributed by atoms with Crippen LogP contribution in [0.25, 0.3) is 0 Å². The van der Waals surface area contributed by atoms with Gasteiger partial charge >= 0.3 is 6.61 Å². The van der Waals surface area contributed by atoms with E-state index in [0.717, 1.165) is 11.1 Å². The fourth-order valence-electron chi connectivity index (χ4n) is 2.20. The van der Waals surface area contributed by atoms with Gasteiger partial charge in [-0.25, -0.2) is 0 Å². The number of rotatable bonds is 7. The first kappa shape index (κ1) is 16.9. The van der Waals surface area contributed by atoms with Gasteiger partial charge < -0.3 is 10.5 Å². The average molecular weight is 320 g/mol. The van der Waals surface area contributed by atoms with Gasteiger partial charge in [0.05, 0.1) is 12.1 Å². The number of hydrogen-bond donors (Lipinski definition) is 2. The zero-order chi connectivity index (χ0) is 16.8. The third-order valence-corrected chi connectivity index (χ3v) is 3.41. The number of nitrogens with one attached hydrogen (secondary N) is 1. The van der Waals surface area contributed by atoms with Gasteiger partial charge in [0.25, 0.3) is 0 Å². The van der Waals surface area contributed by atoms with Crippen molar-refractivity contribution in [2.45, 2.75) is 25.6 Å². The third-order valence-electron chi connectivity index (χ3n) is 3.41. The van der Waals surface area contributed by atoms with Gasteiger partial charge in [0.2, 0.25) is 5.91 Å². The van der Waals surface area contributed by atoms with Crippen LogP contribution in [0.2, 0.25) is 0 Å². The highest BCUT2D eigenvalue weighted by atomic mass is 19.3.